The Morgan fingerprint density at radius 1 is 0.438 bits per heavy atom. The van der Waals surface area contributed by atoms with E-state index in [1.54, 1.807) is 0 Å². The Labute approximate surface area is 280 Å². The highest BCUT2D eigenvalue weighted by molar-refractivity contribution is 7.20. The summed E-state index contributed by atoms with van der Waals surface area (Å²) in [6, 6.07) is 65.9. The number of hydrogen-bond acceptors (Lipinski definition) is 2. The van der Waals surface area contributed by atoms with Crippen LogP contribution in [0.2, 0.25) is 0 Å². The topological polar surface area (TPSA) is 52.5 Å². The second-order valence-electron chi connectivity index (χ2n) is 11.9. The third-order valence-corrected chi connectivity index (χ3v) is 14.3. The lowest BCUT2D eigenvalue weighted by atomic mass is 9.98. The van der Waals surface area contributed by atoms with Gasteiger partial charge in [0.2, 0.25) is 0 Å². The highest BCUT2D eigenvalue weighted by Crippen LogP contribution is 2.34. The molecule has 4 heteroatoms. The van der Waals surface area contributed by atoms with Crippen LogP contribution in [0.25, 0.3) is 38.6 Å². The van der Waals surface area contributed by atoms with Gasteiger partial charge in [0.25, 0.3) is 0 Å². The van der Waals surface area contributed by atoms with E-state index in [9.17, 15) is 10.5 Å². The molecule has 0 saturated carbocycles. The molecule has 48 heavy (non-hydrogen) atoms. The Morgan fingerprint density at radius 2 is 0.896 bits per heavy atom. The summed E-state index contributed by atoms with van der Waals surface area (Å²) in [4.78, 5) is 0. The summed E-state index contributed by atoms with van der Waals surface area (Å²) in [5, 5.41) is 28.0. The third-order valence-electron chi connectivity index (χ3n) is 9.44. The van der Waals surface area contributed by atoms with Gasteiger partial charge in [0.15, 0.2) is 8.07 Å². The zero-order valence-corrected chi connectivity index (χ0v) is 27.1. The summed E-state index contributed by atoms with van der Waals surface area (Å²) in [6.45, 7) is 0. The molecule has 224 valence electrons. The SMILES string of the molecule is N#Cc1ccc(-n2c3ccccc3c3ccccc32)cc1-c1ccc(C#N)c([Si](c2ccccc2)(c2ccccc2)c2ccccc2)c1. The van der Waals surface area contributed by atoms with E-state index in [2.05, 4.69) is 150 Å². The Morgan fingerprint density at radius 3 is 1.40 bits per heavy atom. The second-order valence-corrected chi connectivity index (χ2v) is 15.7. The fourth-order valence-electron chi connectivity index (χ4n) is 7.36. The minimum atomic E-state index is -3.01. The zero-order chi connectivity index (χ0) is 32.5. The minimum Gasteiger partial charge on any atom is -0.309 e. The lowest BCUT2D eigenvalue weighted by Gasteiger charge is -2.35. The fraction of sp³-hybridized carbons (Fsp3) is 0. The van der Waals surface area contributed by atoms with Gasteiger partial charge in [-0.1, -0.05) is 140 Å². The Kier molecular flexibility index (Phi) is 7.27. The van der Waals surface area contributed by atoms with Crippen LogP contribution in [0.1, 0.15) is 11.1 Å². The minimum absolute atomic E-state index is 0.585. The standard InChI is InChI=1S/C44H29N3Si/c45-30-33-26-27-35(47-42-22-12-10-20-39(42)40-21-11-13-23-43(40)47)29-41(33)32-24-25-34(31-46)44(28-32)48(36-14-4-1-5-15-36,37-16-6-2-7-17-37)38-18-8-3-9-19-38/h1-29H. The predicted molar refractivity (Wildman–Crippen MR) is 199 cm³/mol. The van der Waals surface area contributed by atoms with Gasteiger partial charge in [-0.2, -0.15) is 10.5 Å². The Bertz CT molecular complexity index is 2370. The molecule has 0 spiro atoms. The van der Waals surface area contributed by atoms with Gasteiger partial charge in [-0.25, -0.2) is 0 Å². The maximum absolute atomic E-state index is 10.7. The van der Waals surface area contributed by atoms with Crippen molar-refractivity contribution in [2.24, 2.45) is 0 Å². The number of hydrogen-bond donors (Lipinski definition) is 0. The largest absolute Gasteiger partial charge is 0.309 e. The Hall–Kier alpha value is -6.46. The van der Waals surface area contributed by atoms with Crippen LogP contribution < -0.4 is 20.7 Å². The fourth-order valence-corrected chi connectivity index (χ4v) is 12.3. The smallest absolute Gasteiger partial charge is 0.180 e. The molecule has 8 rings (SSSR count). The summed E-state index contributed by atoms with van der Waals surface area (Å²) in [7, 11) is -3.01. The lowest BCUT2D eigenvalue weighted by molar-refractivity contribution is 1.18. The molecule has 0 radical (unpaired) electrons. The van der Waals surface area contributed by atoms with E-state index in [-0.39, 0.29) is 0 Å². The van der Waals surface area contributed by atoms with Gasteiger partial charge in [0.1, 0.15) is 0 Å². The van der Waals surface area contributed by atoms with E-state index in [0.717, 1.165) is 33.0 Å². The number of rotatable bonds is 6. The normalized spacial score (nSPS) is 11.3. The van der Waals surface area contributed by atoms with Crippen molar-refractivity contribution in [2.75, 3.05) is 0 Å². The molecule has 7 aromatic carbocycles. The molecule has 1 aromatic heterocycles. The number of aromatic nitrogens is 1. The van der Waals surface area contributed by atoms with E-state index in [1.807, 2.05) is 42.5 Å². The zero-order valence-electron chi connectivity index (χ0n) is 26.1. The first-order valence-electron chi connectivity index (χ1n) is 16.0. The third kappa shape index (κ3) is 4.55. The monoisotopic (exact) mass is 627 g/mol. The molecule has 0 aliphatic heterocycles. The molecule has 0 fully saturated rings. The van der Waals surface area contributed by atoms with Gasteiger partial charge >= 0.3 is 0 Å². The van der Waals surface area contributed by atoms with E-state index in [0.29, 0.717) is 11.1 Å². The Balaban J connectivity index is 1.43. The van der Waals surface area contributed by atoms with Crippen molar-refractivity contribution < 1.29 is 0 Å². The summed E-state index contributed by atoms with van der Waals surface area (Å²) in [5.74, 6) is 0. The van der Waals surface area contributed by atoms with Crippen molar-refractivity contribution in [3.63, 3.8) is 0 Å². The molecular weight excluding hydrogens is 599 g/mol. The van der Waals surface area contributed by atoms with Crippen LogP contribution in [0, 0.1) is 22.7 Å². The van der Waals surface area contributed by atoms with Gasteiger partial charge in [-0.05, 0) is 62.7 Å². The van der Waals surface area contributed by atoms with E-state index < -0.39 is 8.07 Å². The predicted octanol–water partition coefficient (Wildman–Crippen LogP) is 7.57. The lowest BCUT2D eigenvalue weighted by Crippen LogP contribution is -2.75. The number of fused-ring (bicyclic) bond motifs is 3. The average Bonchev–Trinajstić information content (AvgIpc) is 3.50. The first kappa shape index (κ1) is 29.0. The first-order chi connectivity index (χ1) is 23.7. The van der Waals surface area contributed by atoms with E-state index >= 15 is 0 Å². The molecule has 0 unspecified atom stereocenters. The van der Waals surface area contributed by atoms with Crippen molar-refractivity contribution in [2.45, 2.75) is 0 Å². The van der Waals surface area contributed by atoms with Crippen LogP contribution in [0.3, 0.4) is 0 Å². The first-order valence-corrected chi connectivity index (χ1v) is 18.0. The number of para-hydroxylation sites is 2. The van der Waals surface area contributed by atoms with Gasteiger partial charge in [-0.3, -0.25) is 0 Å². The summed E-state index contributed by atoms with van der Waals surface area (Å²) >= 11 is 0. The molecule has 0 aliphatic carbocycles. The number of nitriles is 2. The molecule has 0 aliphatic rings. The molecular formula is C44H29N3Si. The maximum Gasteiger partial charge on any atom is 0.180 e. The molecule has 3 nitrogen and oxygen atoms in total. The summed E-state index contributed by atoms with van der Waals surface area (Å²) < 4.78 is 2.27. The van der Waals surface area contributed by atoms with Crippen molar-refractivity contribution >= 4 is 50.6 Å². The molecule has 0 atom stereocenters. The van der Waals surface area contributed by atoms with Crippen LogP contribution in [0.5, 0.6) is 0 Å². The van der Waals surface area contributed by atoms with E-state index in [4.69, 9.17) is 0 Å². The quantitative estimate of drug-likeness (QED) is 0.141. The molecule has 0 bridgehead atoms. The summed E-state index contributed by atoms with van der Waals surface area (Å²) in [5.41, 5.74) is 6.16. The van der Waals surface area contributed by atoms with Crippen molar-refractivity contribution in [3.8, 4) is 29.0 Å². The molecule has 8 aromatic rings. The van der Waals surface area contributed by atoms with Crippen molar-refractivity contribution in [3.05, 3.63) is 187 Å². The van der Waals surface area contributed by atoms with Crippen molar-refractivity contribution in [1.82, 2.24) is 4.57 Å². The van der Waals surface area contributed by atoms with Gasteiger partial charge in [0.05, 0.1) is 34.3 Å². The highest BCUT2D eigenvalue weighted by atomic mass is 28.3. The number of benzene rings is 7. The van der Waals surface area contributed by atoms with Gasteiger partial charge in [0, 0.05) is 22.0 Å². The second kappa shape index (κ2) is 12.0. The van der Waals surface area contributed by atoms with Crippen LogP contribution in [-0.2, 0) is 0 Å². The molecule has 1 heterocycles. The van der Waals surface area contributed by atoms with Crippen LogP contribution in [0.15, 0.2) is 176 Å². The van der Waals surface area contributed by atoms with Gasteiger partial charge in [-0.15, -0.1) is 0 Å². The van der Waals surface area contributed by atoms with Crippen LogP contribution in [0.4, 0.5) is 0 Å². The van der Waals surface area contributed by atoms with Crippen molar-refractivity contribution in [1.29, 1.82) is 10.5 Å². The average molecular weight is 628 g/mol. The van der Waals surface area contributed by atoms with Gasteiger partial charge < -0.3 is 4.57 Å². The highest BCUT2D eigenvalue weighted by Gasteiger charge is 2.43. The maximum atomic E-state index is 10.7. The molecule has 0 amide bonds. The van der Waals surface area contributed by atoms with E-state index in [1.165, 1.54) is 26.3 Å². The molecule has 0 N–H and O–H groups in total. The molecule has 0 saturated heterocycles. The van der Waals surface area contributed by atoms with Crippen LogP contribution >= 0.6 is 0 Å². The number of nitrogens with zero attached hydrogens (tertiary/aromatic N) is 3. The summed E-state index contributed by atoms with van der Waals surface area (Å²) in [6.07, 6.45) is 0. The van der Waals surface area contributed by atoms with Crippen LogP contribution in [-0.4, -0.2) is 12.6 Å².